The number of halogens is 1. The minimum absolute atomic E-state index is 0.391. The molecule has 1 aliphatic heterocycles. The highest BCUT2D eigenvalue weighted by molar-refractivity contribution is 5.68. The molecule has 12 nitrogen and oxygen atoms in total. The van der Waals surface area contributed by atoms with Gasteiger partial charge in [0, 0.05) is 67.4 Å². The molecule has 1 saturated carbocycles. The lowest BCUT2D eigenvalue weighted by Gasteiger charge is -2.34. The Hall–Kier alpha value is -4.55. The number of rotatable bonds is 7. The molecule has 0 radical (unpaired) electrons. The quantitative estimate of drug-likeness (QED) is 0.364. The van der Waals surface area contributed by atoms with E-state index < -0.39 is 18.0 Å². The van der Waals surface area contributed by atoms with Crippen molar-refractivity contribution < 1.29 is 13.9 Å². The summed E-state index contributed by atoms with van der Waals surface area (Å²) in [6, 6.07) is 7.41. The largest absolute Gasteiger partial charge is 0.441 e. The van der Waals surface area contributed by atoms with Crippen LogP contribution in [0.25, 0.3) is 5.82 Å². The van der Waals surface area contributed by atoms with Crippen LogP contribution in [-0.4, -0.2) is 72.1 Å². The van der Waals surface area contributed by atoms with Crippen LogP contribution in [-0.2, 0) is 4.74 Å². The summed E-state index contributed by atoms with van der Waals surface area (Å²) in [6.45, 7) is 5.85. The van der Waals surface area contributed by atoms with E-state index in [4.69, 9.17) is 9.72 Å². The molecule has 39 heavy (non-hydrogen) atoms. The number of aromatic nitrogens is 7. The highest BCUT2D eigenvalue weighted by Crippen LogP contribution is 2.39. The zero-order valence-electron chi connectivity index (χ0n) is 21.7. The number of nitrogens with one attached hydrogen (secondary N) is 2. The number of hydrogen-bond acceptors (Lipinski definition) is 9. The molecule has 202 valence electrons. The summed E-state index contributed by atoms with van der Waals surface area (Å²) in [7, 11) is 0. The minimum atomic E-state index is -0.498. The normalized spacial score (nSPS) is 16.3. The molecule has 2 aliphatic rings. The number of ether oxygens (including phenoxy) is 1. The van der Waals surface area contributed by atoms with Crippen LogP contribution < -0.4 is 10.2 Å². The van der Waals surface area contributed by atoms with Gasteiger partial charge in [0.2, 0.25) is 5.95 Å². The van der Waals surface area contributed by atoms with Gasteiger partial charge in [0.25, 0.3) is 0 Å². The fourth-order valence-electron chi connectivity index (χ4n) is 4.48. The molecule has 4 aromatic heterocycles. The zero-order valence-corrected chi connectivity index (χ0v) is 21.7. The molecule has 0 bridgehead atoms. The number of aryl methyl sites for hydroxylation is 1. The van der Waals surface area contributed by atoms with Crippen LogP contribution in [0.15, 0.2) is 42.9 Å². The monoisotopic (exact) mass is 532 g/mol. The van der Waals surface area contributed by atoms with E-state index >= 15 is 0 Å². The summed E-state index contributed by atoms with van der Waals surface area (Å²) in [4.78, 5) is 30.2. The van der Waals surface area contributed by atoms with Crippen molar-refractivity contribution >= 4 is 23.7 Å². The van der Waals surface area contributed by atoms with E-state index in [1.807, 2.05) is 19.1 Å². The van der Waals surface area contributed by atoms with Gasteiger partial charge in [-0.05, 0) is 32.8 Å². The number of H-pyrrole nitrogens is 1. The van der Waals surface area contributed by atoms with Gasteiger partial charge in [0.15, 0.2) is 17.5 Å². The number of carbonyl (C=O) groups is 1. The smallest absolute Gasteiger partial charge is 0.410 e. The zero-order chi connectivity index (χ0) is 26.9. The number of nitrogens with zero attached hydrogens (tertiary/aromatic N) is 8. The predicted octanol–water partition coefficient (Wildman–Crippen LogP) is 3.87. The minimum Gasteiger partial charge on any atom is -0.441 e. The molecule has 13 heteroatoms. The van der Waals surface area contributed by atoms with E-state index in [2.05, 4.69) is 35.5 Å². The average molecular weight is 533 g/mol. The van der Waals surface area contributed by atoms with Gasteiger partial charge in [0.1, 0.15) is 11.9 Å². The molecule has 1 atom stereocenters. The molecule has 1 amide bonds. The third-order valence-corrected chi connectivity index (χ3v) is 6.84. The molecular weight excluding hydrogens is 503 g/mol. The van der Waals surface area contributed by atoms with Crippen LogP contribution >= 0.6 is 0 Å². The molecule has 6 rings (SSSR count). The second-order valence-electron chi connectivity index (χ2n) is 9.86. The second kappa shape index (κ2) is 10.3. The first-order valence-corrected chi connectivity index (χ1v) is 13.0. The predicted molar refractivity (Wildman–Crippen MR) is 141 cm³/mol. The highest BCUT2D eigenvalue weighted by Gasteiger charge is 2.27. The van der Waals surface area contributed by atoms with Crippen molar-refractivity contribution in [1.82, 2.24) is 39.8 Å². The van der Waals surface area contributed by atoms with Crippen molar-refractivity contribution in [2.75, 3.05) is 36.4 Å². The molecule has 0 unspecified atom stereocenters. The number of amides is 1. The van der Waals surface area contributed by atoms with Crippen molar-refractivity contribution in [3.05, 3.63) is 65.6 Å². The van der Waals surface area contributed by atoms with Crippen molar-refractivity contribution in [1.29, 1.82) is 0 Å². The number of anilines is 3. The first-order chi connectivity index (χ1) is 18.9. The van der Waals surface area contributed by atoms with E-state index in [0.717, 1.165) is 29.0 Å². The summed E-state index contributed by atoms with van der Waals surface area (Å²) < 4.78 is 20.2. The second-order valence-corrected chi connectivity index (χ2v) is 9.86. The van der Waals surface area contributed by atoms with Crippen LogP contribution in [0, 0.1) is 12.7 Å². The number of hydrogen-bond donors (Lipinski definition) is 2. The van der Waals surface area contributed by atoms with Crippen molar-refractivity contribution in [2.24, 2.45) is 0 Å². The van der Waals surface area contributed by atoms with Gasteiger partial charge in [-0.25, -0.2) is 23.8 Å². The maximum atomic E-state index is 13.2. The van der Waals surface area contributed by atoms with E-state index in [0.29, 0.717) is 49.7 Å². The van der Waals surface area contributed by atoms with Gasteiger partial charge >= 0.3 is 6.09 Å². The Kier molecular flexibility index (Phi) is 6.55. The van der Waals surface area contributed by atoms with Crippen LogP contribution in [0.2, 0.25) is 0 Å². The summed E-state index contributed by atoms with van der Waals surface area (Å²) in [5, 5.41) is 14.6. The molecule has 2 fully saturated rings. The fourth-order valence-corrected chi connectivity index (χ4v) is 4.48. The number of carbonyl (C=O) groups excluding carboxylic acids is 1. The molecular formula is C26H29FN10O2. The maximum absolute atomic E-state index is 13.2. The molecule has 1 saturated heterocycles. The average Bonchev–Trinajstić information content (AvgIpc) is 3.53. The van der Waals surface area contributed by atoms with Crippen molar-refractivity contribution in [2.45, 2.75) is 38.7 Å². The summed E-state index contributed by atoms with van der Waals surface area (Å²) in [6.07, 6.45) is 5.48. The SMILES string of the molecule is Cc1cc(Nc2cc(C3CC3)[nH]n2)nc(N2CCN(C(=O)O[C@H](C)c3ccc(-n4cc(F)cn4)nc3)CC2)n1. The number of piperazine rings is 1. The first kappa shape index (κ1) is 24.8. The highest BCUT2D eigenvalue weighted by atomic mass is 19.1. The topological polar surface area (TPSA) is 130 Å². The third kappa shape index (κ3) is 5.66. The molecule has 0 spiro atoms. The van der Waals surface area contributed by atoms with Gasteiger partial charge in [-0.2, -0.15) is 15.2 Å². The number of aromatic amines is 1. The van der Waals surface area contributed by atoms with Crippen LogP contribution in [0.4, 0.5) is 26.8 Å². The van der Waals surface area contributed by atoms with E-state index in [1.165, 1.54) is 23.7 Å². The molecule has 5 heterocycles. The van der Waals surface area contributed by atoms with Gasteiger partial charge in [-0.1, -0.05) is 6.07 Å². The van der Waals surface area contributed by atoms with E-state index in [1.54, 1.807) is 30.2 Å². The first-order valence-electron chi connectivity index (χ1n) is 13.0. The fraction of sp³-hybridized carbons (Fsp3) is 0.385. The van der Waals surface area contributed by atoms with Gasteiger partial charge in [0.05, 0.1) is 12.4 Å². The van der Waals surface area contributed by atoms with E-state index in [-0.39, 0.29) is 0 Å². The van der Waals surface area contributed by atoms with E-state index in [9.17, 15) is 9.18 Å². The Balaban J connectivity index is 1.03. The summed E-state index contributed by atoms with van der Waals surface area (Å²) in [5.41, 5.74) is 2.72. The van der Waals surface area contributed by atoms with Gasteiger partial charge < -0.3 is 19.9 Å². The van der Waals surface area contributed by atoms with Crippen LogP contribution in [0.1, 0.15) is 48.7 Å². The lowest BCUT2D eigenvalue weighted by atomic mass is 10.2. The standard InChI is InChI=1S/C26H29FN10O2/c1-16-11-22(31-23-12-21(33-34-23)18-3-4-18)32-25(30-16)35-7-9-36(10-8-35)26(38)39-17(2)19-5-6-24(28-13-19)37-15-20(27)14-29-37/h5-6,11-15,17-18H,3-4,7-10H2,1-2H3,(H2,30,31,32,33,34)/t17-/m1/s1. The van der Waals surface area contributed by atoms with Gasteiger partial charge in [-0.15, -0.1) is 0 Å². The lowest BCUT2D eigenvalue weighted by Crippen LogP contribution is -2.49. The van der Waals surface area contributed by atoms with Gasteiger partial charge in [-0.3, -0.25) is 5.10 Å². The maximum Gasteiger partial charge on any atom is 0.410 e. The van der Waals surface area contributed by atoms with Crippen molar-refractivity contribution in [3.63, 3.8) is 0 Å². The Morgan fingerprint density at radius 3 is 2.64 bits per heavy atom. The molecule has 2 N–H and O–H groups in total. The molecule has 0 aromatic carbocycles. The Labute approximate surface area is 224 Å². The Morgan fingerprint density at radius 2 is 1.95 bits per heavy atom. The van der Waals surface area contributed by atoms with Crippen LogP contribution in [0.5, 0.6) is 0 Å². The van der Waals surface area contributed by atoms with Crippen LogP contribution in [0.3, 0.4) is 0 Å². The summed E-state index contributed by atoms with van der Waals surface area (Å²) in [5.74, 6) is 2.66. The summed E-state index contributed by atoms with van der Waals surface area (Å²) >= 11 is 0. The third-order valence-electron chi connectivity index (χ3n) is 6.84. The number of pyridine rings is 1. The molecule has 4 aromatic rings. The van der Waals surface area contributed by atoms with Crippen molar-refractivity contribution in [3.8, 4) is 5.82 Å². The Morgan fingerprint density at radius 1 is 1.13 bits per heavy atom. The lowest BCUT2D eigenvalue weighted by molar-refractivity contribution is 0.0678. The molecule has 1 aliphatic carbocycles. The Bertz CT molecular complexity index is 1460.